The van der Waals surface area contributed by atoms with Gasteiger partial charge >= 0.3 is 5.97 Å². The van der Waals surface area contributed by atoms with E-state index in [1.54, 1.807) is 4.57 Å². The standard InChI is InChI=1S/C13H18N2O5S/c16-8-10-2-1-5-15(10)21(19,20)11-6-12(13(17)18)14(7-11)9-3-4-9/h6-7,9-10,16H,1-5,8H2,(H,17,18). The highest BCUT2D eigenvalue weighted by molar-refractivity contribution is 7.89. The number of sulfonamides is 1. The van der Waals surface area contributed by atoms with E-state index in [4.69, 9.17) is 0 Å². The Balaban J connectivity index is 1.99. The van der Waals surface area contributed by atoms with Gasteiger partial charge < -0.3 is 14.8 Å². The van der Waals surface area contributed by atoms with Crippen molar-refractivity contribution >= 4 is 16.0 Å². The molecule has 1 unspecified atom stereocenters. The summed E-state index contributed by atoms with van der Waals surface area (Å²) in [5, 5.41) is 18.5. The Morgan fingerprint density at radius 1 is 1.33 bits per heavy atom. The largest absolute Gasteiger partial charge is 0.477 e. The molecule has 0 amide bonds. The second-order valence-electron chi connectivity index (χ2n) is 5.60. The van der Waals surface area contributed by atoms with Gasteiger partial charge in [-0.25, -0.2) is 13.2 Å². The van der Waals surface area contributed by atoms with Gasteiger partial charge in [0.1, 0.15) is 10.6 Å². The molecule has 2 fully saturated rings. The van der Waals surface area contributed by atoms with Crippen molar-refractivity contribution in [3.8, 4) is 0 Å². The first kappa shape index (κ1) is 14.6. The smallest absolute Gasteiger partial charge is 0.352 e. The third-order valence-electron chi connectivity index (χ3n) is 4.12. The topological polar surface area (TPSA) is 99.8 Å². The molecule has 1 aliphatic heterocycles. The molecule has 116 valence electrons. The van der Waals surface area contributed by atoms with Crippen LogP contribution in [-0.2, 0) is 10.0 Å². The molecule has 0 spiro atoms. The summed E-state index contributed by atoms with van der Waals surface area (Å²) in [5.41, 5.74) is 0.0100. The van der Waals surface area contributed by atoms with Crippen LogP contribution < -0.4 is 0 Å². The Kier molecular flexibility index (Phi) is 3.54. The lowest BCUT2D eigenvalue weighted by Gasteiger charge is -2.21. The van der Waals surface area contributed by atoms with E-state index in [0.29, 0.717) is 19.4 Å². The summed E-state index contributed by atoms with van der Waals surface area (Å²) < 4.78 is 28.1. The van der Waals surface area contributed by atoms with Crippen LogP contribution in [0.4, 0.5) is 0 Å². The van der Waals surface area contributed by atoms with Crippen LogP contribution in [0, 0.1) is 0 Å². The van der Waals surface area contributed by atoms with Crippen molar-refractivity contribution in [1.82, 2.24) is 8.87 Å². The quantitative estimate of drug-likeness (QED) is 0.832. The molecule has 1 aromatic heterocycles. The van der Waals surface area contributed by atoms with E-state index in [0.717, 1.165) is 12.8 Å². The monoisotopic (exact) mass is 314 g/mol. The Bertz CT molecular complexity index is 662. The molecule has 7 nitrogen and oxygen atoms in total. The second kappa shape index (κ2) is 5.11. The Labute approximate surface area is 122 Å². The number of nitrogens with zero attached hydrogens (tertiary/aromatic N) is 2. The summed E-state index contributed by atoms with van der Waals surface area (Å²) in [5.74, 6) is -1.12. The number of aromatic nitrogens is 1. The van der Waals surface area contributed by atoms with Crippen LogP contribution >= 0.6 is 0 Å². The molecular formula is C13H18N2O5S. The first-order valence-corrected chi connectivity index (χ1v) is 8.47. The molecule has 3 rings (SSSR count). The van der Waals surface area contributed by atoms with Crippen molar-refractivity contribution in [2.24, 2.45) is 0 Å². The van der Waals surface area contributed by atoms with Crippen molar-refractivity contribution in [3.63, 3.8) is 0 Å². The predicted octanol–water partition coefficient (Wildman–Crippen LogP) is 0.667. The summed E-state index contributed by atoms with van der Waals surface area (Å²) in [6, 6.07) is 0.905. The molecule has 0 radical (unpaired) electrons. The van der Waals surface area contributed by atoms with E-state index in [2.05, 4.69) is 0 Å². The SMILES string of the molecule is O=C(O)c1cc(S(=O)(=O)N2CCCC2CO)cn1C1CC1. The molecule has 2 aliphatic rings. The van der Waals surface area contributed by atoms with E-state index in [-0.39, 0.29) is 23.2 Å². The molecule has 1 aromatic rings. The second-order valence-corrected chi connectivity index (χ2v) is 7.49. The van der Waals surface area contributed by atoms with Crippen molar-refractivity contribution < 1.29 is 23.4 Å². The highest BCUT2D eigenvalue weighted by Gasteiger charge is 2.37. The zero-order chi connectivity index (χ0) is 15.2. The van der Waals surface area contributed by atoms with Gasteiger partial charge in [-0.1, -0.05) is 0 Å². The van der Waals surface area contributed by atoms with Crippen molar-refractivity contribution in [2.75, 3.05) is 13.2 Å². The minimum atomic E-state index is -3.75. The summed E-state index contributed by atoms with van der Waals surface area (Å²) in [6.45, 7) is 0.152. The minimum Gasteiger partial charge on any atom is -0.477 e. The van der Waals surface area contributed by atoms with Gasteiger partial charge in [0.15, 0.2) is 0 Å². The van der Waals surface area contributed by atoms with Crippen LogP contribution in [0.15, 0.2) is 17.2 Å². The number of rotatable bonds is 5. The Hall–Kier alpha value is -1.38. The molecule has 1 atom stereocenters. The average molecular weight is 314 g/mol. The number of carboxylic acids is 1. The van der Waals surface area contributed by atoms with Crippen LogP contribution in [0.1, 0.15) is 42.2 Å². The average Bonchev–Trinajstić information content (AvgIpc) is 3.01. The van der Waals surface area contributed by atoms with Gasteiger partial charge in [-0.05, 0) is 31.7 Å². The van der Waals surface area contributed by atoms with E-state index in [1.807, 2.05) is 0 Å². The molecule has 1 saturated carbocycles. The van der Waals surface area contributed by atoms with Gasteiger partial charge in [-0.2, -0.15) is 4.31 Å². The molecule has 0 aromatic carbocycles. The molecule has 2 heterocycles. The maximum absolute atomic E-state index is 12.6. The van der Waals surface area contributed by atoms with E-state index >= 15 is 0 Å². The molecule has 1 aliphatic carbocycles. The van der Waals surface area contributed by atoms with E-state index in [9.17, 15) is 23.4 Å². The molecule has 21 heavy (non-hydrogen) atoms. The molecular weight excluding hydrogens is 296 g/mol. The minimum absolute atomic E-state index is 0.00662. The number of carboxylic acid groups (broad SMARTS) is 1. The van der Waals surface area contributed by atoms with Gasteiger partial charge in [0, 0.05) is 24.8 Å². The van der Waals surface area contributed by atoms with Gasteiger partial charge in [-0.3, -0.25) is 0 Å². The lowest BCUT2D eigenvalue weighted by molar-refractivity contribution is 0.0685. The highest BCUT2D eigenvalue weighted by atomic mass is 32.2. The molecule has 8 heteroatoms. The lowest BCUT2D eigenvalue weighted by Crippen LogP contribution is -2.37. The molecule has 2 N–H and O–H groups in total. The van der Waals surface area contributed by atoms with Crippen molar-refractivity contribution in [1.29, 1.82) is 0 Å². The molecule has 0 bridgehead atoms. The maximum Gasteiger partial charge on any atom is 0.352 e. The third kappa shape index (κ3) is 2.47. The number of carbonyl (C=O) groups is 1. The Morgan fingerprint density at radius 3 is 2.62 bits per heavy atom. The summed E-state index contributed by atoms with van der Waals surface area (Å²) >= 11 is 0. The zero-order valence-corrected chi connectivity index (χ0v) is 12.3. The fraction of sp³-hybridized carbons (Fsp3) is 0.615. The lowest BCUT2D eigenvalue weighted by atomic mass is 10.2. The van der Waals surface area contributed by atoms with Crippen LogP contribution in [-0.4, -0.2) is 52.7 Å². The highest BCUT2D eigenvalue weighted by Crippen LogP contribution is 2.38. The Morgan fingerprint density at radius 2 is 2.05 bits per heavy atom. The first-order chi connectivity index (χ1) is 9.95. The van der Waals surface area contributed by atoms with Gasteiger partial charge in [0.25, 0.3) is 0 Å². The maximum atomic E-state index is 12.6. The number of aliphatic hydroxyl groups is 1. The first-order valence-electron chi connectivity index (χ1n) is 7.03. The van der Waals surface area contributed by atoms with Gasteiger partial charge in [0.2, 0.25) is 10.0 Å². The number of aliphatic hydroxyl groups excluding tert-OH is 1. The van der Waals surface area contributed by atoms with E-state index in [1.165, 1.54) is 16.6 Å². The van der Waals surface area contributed by atoms with Crippen LogP contribution in [0.2, 0.25) is 0 Å². The zero-order valence-electron chi connectivity index (χ0n) is 11.5. The normalized spacial score (nSPS) is 23.6. The summed E-state index contributed by atoms with van der Waals surface area (Å²) in [6.07, 6.45) is 4.50. The van der Waals surface area contributed by atoms with Gasteiger partial charge in [0.05, 0.1) is 6.61 Å². The van der Waals surface area contributed by atoms with Crippen LogP contribution in [0.5, 0.6) is 0 Å². The summed E-state index contributed by atoms with van der Waals surface area (Å²) in [7, 11) is -3.75. The number of aromatic carboxylic acids is 1. The van der Waals surface area contributed by atoms with E-state index < -0.39 is 22.0 Å². The fourth-order valence-electron chi connectivity index (χ4n) is 2.86. The van der Waals surface area contributed by atoms with Crippen LogP contribution in [0.25, 0.3) is 0 Å². The molecule has 1 saturated heterocycles. The summed E-state index contributed by atoms with van der Waals surface area (Å²) in [4.78, 5) is 11.3. The number of hydrogen-bond acceptors (Lipinski definition) is 4. The van der Waals surface area contributed by atoms with Gasteiger partial charge in [-0.15, -0.1) is 0 Å². The third-order valence-corrected chi connectivity index (χ3v) is 6.04. The van der Waals surface area contributed by atoms with Crippen molar-refractivity contribution in [3.05, 3.63) is 18.0 Å². The van der Waals surface area contributed by atoms with Crippen molar-refractivity contribution in [2.45, 2.75) is 42.7 Å². The number of hydrogen-bond donors (Lipinski definition) is 2. The predicted molar refractivity (Wildman–Crippen MR) is 73.7 cm³/mol. The fourth-order valence-corrected chi connectivity index (χ4v) is 4.58. The van der Waals surface area contributed by atoms with Crippen LogP contribution in [0.3, 0.4) is 0 Å².